The van der Waals surface area contributed by atoms with Gasteiger partial charge in [0.15, 0.2) is 11.6 Å². The van der Waals surface area contributed by atoms with Gasteiger partial charge in [0.1, 0.15) is 13.2 Å². The van der Waals surface area contributed by atoms with Crippen LogP contribution in [0, 0.1) is 0 Å². The summed E-state index contributed by atoms with van der Waals surface area (Å²) in [6.45, 7) is 2.63. The summed E-state index contributed by atoms with van der Waals surface area (Å²) in [5.41, 5.74) is 2.25. The number of hydrogen-bond donors (Lipinski definition) is 1. The third-order valence-electron chi connectivity index (χ3n) is 4.72. The van der Waals surface area contributed by atoms with Gasteiger partial charge in [0.2, 0.25) is 5.91 Å². The molecular weight excluding hydrogens is 382 g/mol. The summed E-state index contributed by atoms with van der Waals surface area (Å²) in [5, 5.41) is 2.76. The van der Waals surface area contributed by atoms with Crippen molar-refractivity contribution in [1.82, 2.24) is 19.1 Å². The molecule has 0 aliphatic rings. The number of carbonyl (C=O) groups is 1. The topological polar surface area (TPSA) is 91.0 Å². The average molecular weight is 403 g/mol. The third-order valence-corrected chi connectivity index (χ3v) is 4.72. The fraction of sp³-hybridized carbons (Fsp3) is 0.182. The summed E-state index contributed by atoms with van der Waals surface area (Å²) < 4.78 is 8.92. The van der Waals surface area contributed by atoms with E-state index < -0.39 is 0 Å². The number of nitrogens with one attached hydrogen (secondary N) is 1. The predicted octanol–water partition coefficient (Wildman–Crippen LogP) is 2.83. The molecule has 0 atom stereocenters. The molecule has 3 heterocycles. The Labute approximate surface area is 172 Å². The Morgan fingerprint density at radius 3 is 2.47 bits per heavy atom. The minimum Gasteiger partial charge on any atom is -0.485 e. The van der Waals surface area contributed by atoms with Gasteiger partial charge in [-0.3, -0.25) is 18.9 Å². The Hall–Kier alpha value is -3.94. The van der Waals surface area contributed by atoms with Gasteiger partial charge in [-0.15, -0.1) is 0 Å². The number of fused-ring (bicyclic) bond motifs is 1. The van der Waals surface area contributed by atoms with Crippen LogP contribution < -0.4 is 15.7 Å². The summed E-state index contributed by atoms with van der Waals surface area (Å²) in [6.07, 6.45) is 4.95. The molecule has 4 aromatic rings. The van der Waals surface area contributed by atoms with Gasteiger partial charge in [-0.25, -0.2) is 9.78 Å². The number of ether oxygens (including phenoxy) is 1. The highest BCUT2D eigenvalue weighted by Gasteiger charge is 2.16. The lowest BCUT2D eigenvalue weighted by molar-refractivity contribution is -0.116. The van der Waals surface area contributed by atoms with E-state index in [2.05, 4.69) is 15.3 Å². The molecule has 4 rings (SSSR count). The van der Waals surface area contributed by atoms with Gasteiger partial charge in [0, 0.05) is 25.1 Å². The maximum absolute atomic E-state index is 12.7. The lowest BCUT2D eigenvalue weighted by Gasteiger charge is -2.11. The van der Waals surface area contributed by atoms with Crippen LogP contribution in [-0.2, 0) is 24.5 Å². The van der Waals surface area contributed by atoms with Crippen molar-refractivity contribution in [1.29, 1.82) is 0 Å². The molecule has 0 aliphatic carbocycles. The Morgan fingerprint density at radius 2 is 1.73 bits per heavy atom. The fourth-order valence-corrected chi connectivity index (χ4v) is 3.29. The normalized spacial score (nSPS) is 10.8. The molecule has 152 valence electrons. The number of carbonyl (C=O) groups excluding carboxylic acids is 1. The molecule has 8 heteroatoms. The Balaban J connectivity index is 1.52. The van der Waals surface area contributed by atoms with E-state index in [0.29, 0.717) is 24.7 Å². The number of hydrogen-bond acceptors (Lipinski definition) is 5. The maximum Gasteiger partial charge on any atom is 0.329 e. The number of benzene rings is 1. The fourth-order valence-electron chi connectivity index (χ4n) is 3.29. The summed E-state index contributed by atoms with van der Waals surface area (Å²) in [6, 6.07) is 14.6. The summed E-state index contributed by atoms with van der Waals surface area (Å²) in [7, 11) is 0. The van der Waals surface area contributed by atoms with Gasteiger partial charge in [0.05, 0.1) is 11.0 Å². The van der Waals surface area contributed by atoms with Gasteiger partial charge < -0.3 is 10.1 Å². The van der Waals surface area contributed by atoms with Crippen LogP contribution in [0.2, 0.25) is 0 Å². The Bertz CT molecular complexity index is 1230. The zero-order valence-corrected chi connectivity index (χ0v) is 16.5. The first kappa shape index (κ1) is 19.4. The van der Waals surface area contributed by atoms with E-state index in [1.807, 2.05) is 43.3 Å². The van der Waals surface area contributed by atoms with Crippen LogP contribution in [0.4, 0.5) is 5.82 Å². The van der Waals surface area contributed by atoms with E-state index in [1.54, 1.807) is 35.3 Å². The molecule has 1 aromatic carbocycles. The number of rotatable bonds is 7. The van der Waals surface area contributed by atoms with Crippen LogP contribution in [0.3, 0.4) is 0 Å². The van der Waals surface area contributed by atoms with Crippen LogP contribution in [0.5, 0.6) is 5.75 Å². The zero-order chi connectivity index (χ0) is 20.9. The van der Waals surface area contributed by atoms with Gasteiger partial charge >= 0.3 is 5.69 Å². The number of aryl methyl sites for hydroxylation is 1. The van der Waals surface area contributed by atoms with E-state index in [1.165, 1.54) is 4.57 Å². The van der Waals surface area contributed by atoms with Crippen molar-refractivity contribution in [3.63, 3.8) is 0 Å². The molecule has 3 aromatic heterocycles. The molecular formula is C22H21N5O3. The van der Waals surface area contributed by atoms with Crippen molar-refractivity contribution in [2.75, 3.05) is 5.32 Å². The summed E-state index contributed by atoms with van der Waals surface area (Å²) in [4.78, 5) is 33.6. The average Bonchev–Trinajstić information content (AvgIpc) is 3.04. The second kappa shape index (κ2) is 8.60. The van der Waals surface area contributed by atoms with Crippen LogP contribution >= 0.6 is 0 Å². The lowest BCUT2D eigenvalue weighted by atomic mass is 10.3. The molecule has 0 unspecified atom stereocenters. The monoisotopic (exact) mass is 403 g/mol. The standard InChI is InChI=1S/C22H21N5O3/c1-2-26-17-6-3-4-7-18(17)27(22(26)29)14-20(28)25-21-19(8-5-11-24-21)30-15-16-9-12-23-13-10-16/h3-13H,2,14-15H2,1H3,(H,24,25,28). The van der Waals surface area contributed by atoms with Crippen molar-refractivity contribution >= 4 is 22.8 Å². The first-order valence-corrected chi connectivity index (χ1v) is 9.62. The van der Waals surface area contributed by atoms with Crippen molar-refractivity contribution in [3.05, 3.63) is 83.2 Å². The first-order chi connectivity index (χ1) is 14.7. The largest absolute Gasteiger partial charge is 0.485 e. The minimum atomic E-state index is -0.358. The molecule has 1 amide bonds. The van der Waals surface area contributed by atoms with E-state index in [0.717, 1.165) is 16.6 Å². The van der Waals surface area contributed by atoms with Gasteiger partial charge in [-0.2, -0.15) is 0 Å². The SMILES string of the molecule is CCn1c(=O)n(CC(=O)Nc2ncccc2OCc2ccncc2)c2ccccc21. The second-order valence-corrected chi connectivity index (χ2v) is 6.64. The summed E-state index contributed by atoms with van der Waals surface area (Å²) >= 11 is 0. The molecule has 0 spiro atoms. The highest BCUT2D eigenvalue weighted by atomic mass is 16.5. The highest BCUT2D eigenvalue weighted by molar-refractivity contribution is 5.92. The molecule has 0 fully saturated rings. The molecule has 0 bridgehead atoms. The van der Waals surface area contributed by atoms with Crippen molar-refractivity contribution in [3.8, 4) is 5.75 Å². The molecule has 1 N–H and O–H groups in total. The van der Waals surface area contributed by atoms with Crippen LogP contribution in [0.25, 0.3) is 11.0 Å². The van der Waals surface area contributed by atoms with Crippen molar-refractivity contribution in [2.24, 2.45) is 0 Å². The maximum atomic E-state index is 12.7. The van der Waals surface area contributed by atoms with Crippen molar-refractivity contribution in [2.45, 2.75) is 26.6 Å². The smallest absolute Gasteiger partial charge is 0.329 e. The summed E-state index contributed by atoms with van der Waals surface area (Å²) in [5.74, 6) is 0.401. The van der Waals surface area contributed by atoms with Gasteiger partial charge in [0.25, 0.3) is 0 Å². The Kier molecular flexibility index (Phi) is 5.56. The van der Waals surface area contributed by atoms with Gasteiger partial charge in [-0.1, -0.05) is 12.1 Å². The number of para-hydroxylation sites is 2. The predicted molar refractivity (Wildman–Crippen MR) is 113 cm³/mol. The molecule has 0 aliphatic heterocycles. The van der Waals surface area contributed by atoms with Crippen molar-refractivity contribution < 1.29 is 9.53 Å². The zero-order valence-electron chi connectivity index (χ0n) is 16.5. The van der Waals surface area contributed by atoms with E-state index >= 15 is 0 Å². The first-order valence-electron chi connectivity index (χ1n) is 9.62. The number of amides is 1. The highest BCUT2D eigenvalue weighted by Crippen LogP contribution is 2.22. The number of anilines is 1. The van der Waals surface area contributed by atoms with E-state index in [9.17, 15) is 9.59 Å². The third kappa shape index (κ3) is 3.93. The Morgan fingerprint density at radius 1 is 1.00 bits per heavy atom. The molecule has 30 heavy (non-hydrogen) atoms. The number of aromatic nitrogens is 4. The number of imidazole rings is 1. The molecule has 0 saturated carbocycles. The molecule has 0 radical (unpaired) electrons. The molecule has 0 saturated heterocycles. The van der Waals surface area contributed by atoms with E-state index in [-0.39, 0.29) is 18.1 Å². The lowest BCUT2D eigenvalue weighted by Crippen LogP contribution is -2.29. The minimum absolute atomic E-state index is 0.118. The molecule has 8 nitrogen and oxygen atoms in total. The number of pyridine rings is 2. The van der Waals surface area contributed by atoms with E-state index in [4.69, 9.17) is 4.74 Å². The second-order valence-electron chi connectivity index (χ2n) is 6.64. The van der Waals surface area contributed by atoms with Crippen LogP contribution in [0.1, 0.15) is 12.5 Å². The van der Waals surface area contributed by atoms with Crippen LogP contribution in [-0.4, -0.2) is 25.0 Å². The van der Waals surface area contributed by atoms with Gasteiger partial charge in [-0.05, 0) is 48.9 Å². The number of nitrogens with zero attached hydrogens (tertiary/aromatic N) is 4. The quantitative estimate of drug-likeness (QED) is 0.512. The van der Waals surface area contributed by atoms with Crippen LogP contribution in [0.15, 0.2) is 71.9 Å².